The van der Waals surface area contributed by atoms with Gasteiger partial charge in [-0.1, -0.05) is 53.8 Å². The van der Waals surface area contributed by atoms with E-state index in [0.29, 0.717) is 0 Å². The first kappa shape index (κ1) is 10.7. The molecule has 19 heavy (non-hydrogen) atoms. The molecule has 90 valence electrons. The maximum Gasteiger partial charge on any atom is 0.268 e. The molecule has 0 bridgehead atoms. The lowest BCUT2D eigenvalue weighted by molar-refractivity contribution is -0.485. The van der Waals surface area contributed by atoms with Crippen molar-refractivity contribution in [2.45, 2.75) is 0 Å². The molecule has 4 rings (SSSR count). The number of rotatable bonds is 0. The van der Waals surface area contributed by atoms with Crippen molar-refractivity contribution in [3.05, 3.63) is 71.6 Å². The number of thiazole rings is 1. The summed E-state index contributed by atoms with van der Waals surface area (Å²) in [6, 6.07) is 13.0. The van der Waals surface area contributed by atoms with Crippen LogP contribution in [0.3, 0.4) is 0 Å². The van der Waals surface area contributed by atoms with Crippen LogP contribution in [0.2, 0.25) is 0 Å². The van der Waals surface area contributed by atoms with E-state index >= 15 is 0 Å². The Morgan fingerprint density at radius 3 is 2.74 bits per heavy atom. The second-order valence-electron chi connectivity index (χ2n) is 4.53. The molecule has 0 unspecified atom stereocenters. The van der Waals surface area contributed by atoms with Gasteiger partial charge in [0.2, 0.25) is 5.52 Å². The van der Waals surface area contributed by atoms with Crippen molar-refractivity contribution in [1.82, 2.24) is 0 Å². The zero-order valence-corrected chi connectivity index (χ0v) is 11.1. The fourth-order valence-electron chi connectivity index (χ4n) is 2.47. The monoisotopic (exact) mass is 262 g/mol. The standard InChI is InChI=1S/C17H12NS/c1-2-6-12-18-15-11-10-13-7-4-5-8-14(13)17(15)19-16(18)9-3-1/h1-12H/q+1/b2-1?,3-1-,6-2-,9-3?,12-6?,16-9+,18-12-. The highest BCUT2D eigenvalue weighted by Crippen LogP contribution is 2.24. The van der Waals surface area contributed by atoms with Gasteiger partial charge in [-0.05, 0) is 11.5 Å². The predicted molar refractivity (Wildman–Crippen MR) is 81.6 cm³/mol. The first-order valence-corrected chi connectivity index (χ1v) is 7.12. The summed E-state index contributed by atoms with van der Waals surface area (Å²) in [5.41, 5.74) is 1.27. The van der Waals surface area contributed by atoms with Gasteiger partial charge in [-0.15, -0.1) is 0 Å². The van der Waals surface area contributed by atoms with Crippen LogP contribution in [-0.4, -0.2) is 0 Å². The lowest BCUT2D eigenvalue weighted by Crippen LogP contribution is -2.32. The van der Waals surface area contributed by atoms with E-state index < -0.39 is 0 Å². The number of hydrogen-bond donors (Lipinski definition) is 0. The van der Waals surface area contributed by atoms with Crippen molar-refractivity contribution >= 4 is 38.4 Å². The highest BCUT2D eigenvalue weighted by atomic mass is 32.1. The van der Waals surface area contributed by atoms with E-state index in [1.165, 1.54) is 25.7 Å². The number of benzene rings is 2. The second kappa shape index (κ2) is 4.18. The van der Waals surface area contributed by atoms with Crippen molar-refractivity contribution < 1.29 is 4.24 Å². The lowest BCUT2D eigenvalue weighted by atomic mass is 10.1. The molecular weight excluding hydrogens is 250 g/mol. The summed E-state index contributed by atoms with van der Waals surface area (Å²) in [7, 11) is 0. The SMILES string of the molecule is C1=C\C=[n+]2/c(sc3c4ccccc4ccc32)=C\C=C/1. The Labute approximate surface area is 114 Å². The van der Waals surface area contributed by atoms with Crippen LogP contribution < -0.4 is 8.91 Å². The van der Waals surface area contributed by atoms with Gasteiger partial charge in [0, 0.05) is 23.6 Å². The van der Waals surface area contributed by atoms with Gasteiger partial charge in [-0.3, -0.25) is 0 Å². The Hall–Kier alpha value is -2.19. The van der Waals surface area contributed by atoms with Crippen LogP contribution in [-0.2, 0) is 0 Å². The molecule has 0 amide bonds. The third-order valence-corrected chi connectivity index (χ3v) is 4.54. The van der Waals surface area contributed by atoms with E-state index in [2.05, 4.69) is 77.2 Å². The minimum atomic E-state index is 1.26. The lowest BCUT2D eigenvalue weighted by Gasteiger charge is -1.94. The third kappa shape index (κ3) is 1.65. The number of fused-ring (bicyclic) bond motifs is 5. The van der Waals surface area contributed by atoms with Gasteiger partial charge in [0.1, 0.15) is 4.70 Å². The van der Waals surface area contributed by atoms with Crippen LogP contribution in [0.1, 0.15) is 0 Å². The zero-order valence-electron chi connectivity index (χ0n) is 10.3. The molecule has 3 aromatic rings. The fraction of sp³-hybridized carbons (Fsp3) is 0. The van der Waals surface area contributed by atoms with Crippen molar-refractivity contribution in [2.24, 2.45) is 0 Å². The van der Waals surface area contributed by atoms with Gasteiger partial charge in [0.25, 0.3) is 4.66 Å². The average Bonchev–Trinajstić information content (AvgIpc) is 2.76. The smallest absolute Gasteiger partial charge is 0.150 e. The Morgan fingerprint density at radius 1 is 0.842 bits per heavy atom. The van der Waals surface area contributed by atoms with Gasteiger partial charge in [0.05, 0.1) is 0 Å². The van der Waals surface area contributed by atoms with Crippen LogP contribution in [0, 0.1) is 6.21 Å². The molecular formula is C17H12NS+. The van der Waals surface area contributed by atoms with E-state index in [-0.39, 0.29) is 0 Å². The van der Waals surface area contributed by atoms with E-state index in [1.54, 1.807) is 0 Å². The molecule has 2 aromatic carbocycles. The molecule has 0 spiro atoms. The van der Waals surface area contributed by atoms with Crippen molar-refractivity contribution in [2.75, 3.05) is 0 Å². The number of nitrogens with zero attached hydrogens (tertiary/aromatic N) is 1. The van der Waals surface area contributed by atoms with Crippen LogP contribution >= 0.6 is 11.3 Å². The number of aromatic nitrogens is 1. The quantitative estimate of drug-likeness (QED) is 0.549. The molecule has 0 radical (unpaired) electrons. The first-order chi connectivity index (χ1) is 9.43. The molecule has 0 atom stereocenters. The van der Waals surface area contributed by atoms with Crippen LogP contribution in [0.4, 0.5) is 0 Å². The van der Waals surface area contributed by atoms with E-state index in [1.807, 2.05) is 11.3 Å². The van der Waals surface area contributed by atoms with Gasteiger partial charge in [-0.25, -0.2) is 0 Å². The molecule has 0 aliphatic carbocycles. The van der Waals surface area contributed by atoms with Crippen molar-refractivity contribution in [3.8, 4) is 0 Å². The Balaban J connectivity index is 2.28. The summed E-state index contributed by atoms with van der Waals surface area (Å²) >= 11 is 1.84. The molecule has 2 heterocycles. The Kier molecular flexibility index (Phi) is 2.35. The molecule has 0 saturated carbocycles. The second-order valence-corrected chi connectivity index (χ2v) is 5.56. The summed E-state index contributed by atoms with van der Waals surface area (Å²) in [5.74, 6) is 0. The summed E-state index contributed by atoms with van der Waals surface area (Å²) in [6.07, 6.45) is 12.6. The number of allylic oxidation sites excluding steroid dienone is 4. The first-order valence-electron chi connectivity index (χ1n) is 6.31. The fourth-order valence-corrected chi connectivity index (χ4v) is 3.65. The van der Waals surface area contributed by atoms with Gasteiger partial charge < -0.3 is 0 Å². The average molecular weight is 262 g/mol. The molecule has 0 fully saturated rings. The summed E-state index contributed by atoms with van der Waals surface area (Å²) in [6.45, 7) is 0. The van der Waals surface area contributed by atoms with Crippen molar-refractivity contribution in [3.63, 3.8) is 0 Å². The maximum absolute atomic E-state index is 2.26. The number of hydrogen-bond acceptors (Lipinski definition) is 1. The predicted octanol–water partition coefficient (Wildman–Crippen LogP) is 3.26. The highest BCUT2D eigenvalue weighted by molar-refractivity contribution is 7.17. The minimum absolute atomic E-state index is 1.26. The molecule has 1 aliphatic rings. The molecule has 0 saturated heterocycles. The van der Waals surface area contributed by atoms with Gasteiger partial charge >= 0.3 is 0 Å². The zero-order chi connectivity index (χ0) is 12.7. The van der Waals surface area contributed by atoms with E-state index in [4.69, 9.17) is 0 Å². The normalized spacial score (nSPS) is 20.6. The molecule has 1 nitrogen and oxygen atoms in total. The summed E-state index contributed by atoms with van der Waals surface area (Å²) in [5, 5.41) is 2.63. The largest absolute Gasteiger partial charge is 0.268 e. The molecule has 1 aromatic heterocycles. The van der Waals surface area contributed by atoms with Crippen LogP contribution in [0.5, 0.6) is 0 Å². The molecule has 1 aliphatic heterocycles. The highest BCUT2D eigenvalue weighted by Gasteiger charge is 2.12. The minimum Gasteiger partial charge on any atom is -0.150 e. The molecule has 0 N–H and O–H groups in total. The topological polar surface area (TPSA) is 5.90 Å². The summed E-state index contributed by atoms with van der Waals surface area (Å²) < 4.78 is 4.86. The van der Waals surface area contributed by atoms with Crippen LogP contribution in [0.25, 0.3) is 27.1 Å². The molecule has 2 heteroatoms. The Bertz CT molecular complexity index is 958. The van der Waals surface area contributed by atoms with Crippen molar-refractivity contribution in [1.29, 1.82) is 0 Å². The third-order valence-electron chi connectivity index (χ3n) is 3.37. The van der Waals surface area contributed by atoms with E-state index in [9.17, 15) is 0 Å². The summed E-state index contributed by atoms with van der Waals surface area (Å²) in [4.78, 5) is 0. The van der Waals surface area contributed by atoms with Gasteiger partial charge in [-0.2, -0.15) is 4.24 Å². The van der Waals surface area contributed by atoms with Gasteiger partial charge in [0.15, 0.2) is 6.21 Å². The maximum atomic E-state index is 2.26. The Morgan fingerprint density at radius 2 is 1.74 bits per heavy atom. The van der Waals surface area contributed by atoms with Crippen LogP contribution in [0.15, 0.2) is 60.7 Å². The van der Waals surface area contributed by atoms with E-state index in [0.717, 1.165) is 0 Å².